The zero-order valence-electron chi connectivity index (χ0n) is 32.6. The summed E-state index contributed by atoms with van der Waals surface area (Å²) in [5.74, 6) is 1.81. The molecule has 3 aromatic heterocycles. The number of para-hydroxylation sites is 3. The second-order valence-corrected chi connectivity index (χ2v) is 16.1. The lowest BCUT2D eigenvalue weighted by Gasteiger charge is -2.22. The van der Waals surface area contributed by atoms with Crippen LogP contribution in [0, 0.1) is 0 Å². The van der Waals surface area contributed by atoms with Crippen LogP contribution in [0.5, 0.6) is 0 Å². The van der Waals surface area contributed by atoms with Crippen LogP contribution in [0.15, 0.2) is 188 Å². The molecule has 278 valence electrons. The summed E-state index contributed by atoms with van der Waals surface area (Å²) >= 11 is 0. The average molecular weight is 756 g/mol. The van der Waals surface area contributed by atoms with Crippen LogP contribution in [0.25, 0.3) is 100 Å². The third-order valence-corrected chi connectivity index (χ3v) is 12.4. The van der Waals surface area contributed by atoms with Crippen LogP contribution in [-0.2, 0) is 5.41 Å². The van der Waals surface area contributed by atoms with E-state index >= 15 is 0 Å². The minimum atomic E-state index is -0.191. The Balaban J connectivity index is 1.10. The van der Waals surface area contributed by atoms with Crippen molar-refractivity contribution in [2.24, 2.45) is 0 Å². The van der Waals surface area contributed by atoms with Crippen molar-refractivity contribution in [2.75, 3.05) is 0 Å². The molecule has 0 atom stereocenters. The summed E-state index contributed by atoms with van der Waals surface area (Å²) in [6.07, 6.45) is 0. The average Bonchev–Trinajstić information content (AvgIpc) is 3.90. The first kappa shape index (κ1) is 33.5. The number of fused-ring (bicyclic) bond motifs is 10. The van der Waals surface area contributed by atoms with Crippen LogP contribution in [0.3, 0.4) is 0 Å². The topological polar surface area (TPSA) is 48.5 Å². The van der Waals surface area contributed by atoms with E-state index in [2.05, 4.69) is 205 Å². The number of nitrogens with zero attached hydrogens (tertiary/aromatic N) is 5. The molecule has 8 aromatic carbocycles. The van der Waals surface area contributed by atoms with Crippen molar-refractivity contribution in [3.05, 3.63) is 199 Å². The van der Waals surface area contributed by atoms with Crippen LogP contribution >= 0.6 is 0 Å². The third-order valence-electron chi connectivity index (χ3n) is 12.4. The molecule has 0 spiro atoms. The van der Waals surface area contributed by atoms with E-state index in [9.17, 15) is 0 Å². The number of benzene rings is 8. The summed E-state index contributed by atoms with van der Waals surface area (Å²) in [4.78, 5) is 16.0. The Labute approximate surface area is 341 Å². The fourth-order valence-electron chi connectivity index (χ4n) is 9.70. The molecule has 0 radical (unpaired) electrons. The summed E-state index contributed by atoms with van der Waals surface area (Å²) in [6.45, 7) is 4.71. The molecule has 5 heteroatoms. The molecule has 0 amide bonds. The van der Waals surface area contributed by atoms with Crippen LogP contribution in [0.1, 0.15) is 25.0 Å². The summed E-state index contributed by atoms with van der Waals surface area (Å²) in [5.41, 5.74) is 14.7. The minimum absolute atomic E-state index is 0.191. The van der Waals surface area contributed by atoms with Crippen molar-refractivity contribution < 1.29 is 0 Å². The first-order valence-corrected chi connectivity index (χ1v) is 20.2. The molecule has 0 aliphatic heterocycles. The zero-order chi connectivity index (χ0) is 39.2. The standard InChI is InChI=1S/C54H37N5/c1-54(2)44-23-10-6-19-39(44)42-31-32-48-49(50(42)54)43-22-9-13-26-47(43)59(48)53-56-51(36-29-27-35(28-30-36)34-15-4-3-5-16-34)55-52(57-53)37-17-14-18-38(33-37)58-45-24-11-7-20-40(45)41-21-8-12-25-46(41)58/h3-33H,1-2H3. The van der Waals surface area contributed by atoms with Crippen LogP contribution < -0.4 is 0 Å². The van der Waals surface area contributed by atoms with Crippen molar-refractivity contribution in [1.29, 1.82) is 0 Å². The van der Waals surface area contributed by atoms with Gasteiger partial charge in [0.15, 0.2) is 11.6 Å². The Morgan fingerprint density at radius 2 is 0.949 bits per heavy atom. The summed E-state index contributed by atoms with van der Waals surface area (Å²) in [6, 6.07) is 66.9. The van der Waals surface area contributed by atoms with Crippen LogP contribution in [-0.4, -0.2) is 24.1 Å². The smallest absolute Gasteiger partial charge is 0.238 e. The van der Waals surface area contributed by atoms with Gasteiger partial charge in [0.05, 0.1) is 22.1 Å². The summed E-state index contributed by atoms with van der Waals surface area (Å²) < 4.78 is 4.58. The van der Waals surface area contributed by atoms with E-state index in [0.29, 0.717) is 17.6 Å². The van der Waals surface area contributed by atoms with Gasteiger partial charge in [-0.3, -0.25) is 4.57 Å². The maximum Gasteiger partial charge on any atom is 0.238 e. The molecule has 0 bridgehead atoms. The molecule has 0 unspecified atom stereocenters. The highest BCUT2D eigenvalue weighted by Gasteiger charge is 2.38. The maximum atomic E-state index is 5.38. The largest absolute Gasteiger partial charge is 0.309 e. The van der Waals surface area contributed by atoms with Crippen molar-refractivity contribution in [2.45, 2.75) is 19.3 Å². The normalized spacial score (nSPS) is 13.1. The predicted octanol–water partition coefficient (Wildman–Crippen LogP) is 13.4. The second kappa shape index (κ2) is 12.7. The number of hydrogen-bond donors (Lipinski definition) is 0. The molecular weight excluding hydrogens is 719 g/mol. The number of hydrogen-bond acceptors (Lipinski definition) is 3. The van der Waals surface area contributed by atoms with Crippen molar-refractivity contribution in [3.63, 3.8) is 0 Å². The zero-order valence-corrected chi connectivity index (χ0v) is 32.6. The lowest BCUT2D eigenvalue weighted by molar-refractivity contribution is 0.666. The first-order valence-electron chi connectivity index (χ1n) is 20.2. The summed E-state index contributed by atoms with van der Waals surface area (Å²) in [5, 5.41) is 4.87. The molecule has 11 aromatic rings. The fourth-order valence-corrected chi connectivity index (χ4v) is 9.70. The molecule has 5 nitrogen and oxygen atoms in total. The van der Waals surface area contributed by atoms with Gasteiger partial charge in [-0.15, -0.1) is 0 Å². The van der Waals surface area contributed by atoms with Crippen LogP contribution in [0.2, 0.25) is 0 Å². The fraction of sp³-hybridized carbons (Fsp3) is 0.0556. The SMILES string of the molecule is CC1(C)c2ccccc2-c2ccc3c(c21)c1ccccc1n3-c1nc(-c2ccc(-c3ccccc3)cc2)nc(-c2cccc(-n3c4ccccc4c4ccccc43)c2)n1. The Morgan fingerprint density at radius 1 is 0.390 bits per heavy atom. The van der Waals surface area contributed by atoms with Gasteiger partial charge in [-0.2, -0.15) is 9.97 Å². The summed E-state index contributed by atoms with van der Waals surface area (Å²) in [7, 11) is 0. The Bertz CT molecular complexity index is 3410. The van der Waals surface area contributed by atoms with E-state index in [4.69, 9.17) is 15.0 Å². The Morgan fingerprint density at radius 3 is 1.68 bits per heavy atom. The van der Waals surface area contributed by atoms with Gasteiger partial charge in [-0.1, -0.05) is 166 Å². The molecule has 0 saturated heterocycles. The minimum Gasteiger partial charge on any atom is -0.309 e. The highest BCUT2D eigenvalue weighted by Crippen LogP contribution is 2.53. The highest BCUT2D eigenvalue weighted by molar-refractivity contribution is 6.14. The van der Waals surface area contributed by atoms with Crippen molar-refractivity contribution >= 4 is 43.6 Å². The molecule has 0 saturated carbocycles. The van der Waals surface area contributed by atoms with Crippen LogP contribution in [0.4, 0.5) is 0 Å². The maximum absolute atomic E-state index is 5.38. The quantitative estimate of drug-likeness (QED) is 0.176. The van der Waals surface area contributed by atoms with Gasteiger partial charge in [0.1, 0.15) is 0 Å². The molecule has 0 N–H and O–H groups in total. The van der Waals surface area contributed by atoms with Crippen molar-refractivity contribution in [1.82, 2.24) is 24.1 Å². The highest BCUT2D eigenvalue weighted by atomic mass is 15.2. The molecule has 0 fully saturated rings. The first-order chi connectivity index (χ1) is 29.0. The van der Waals surface area contributed by atoms with Gasteiger partial charge in [0.25, 0.3) is 0 Å². The van der Waals surface area contributed by atoms with E-state index in [0.717, 1.165) is 44.4 Å². The van der Waals surface area contributed by atoms with Gasteiger partial charge < -0.3 is 4.57 Å². The molecule has 3 heterocycles. The molecule has 1 aliphatic rings. The molecular formula is C54H37N5. The van der Waals surface area contributed by atoms with E-state index in [1.807, 2.05) is 6.07 Å². The predicted molar refractivity (Wildman–Crippen MR) is 242 cm³/mol. The third kappa shape index (κ3) is 5.01. The van der Waals surface area contributed by atoms with Gasteiger partial charge in [0.2, 0.25) is 5.95 Å². The monoisotopic (exact) mass is 755 g/mol. The van der Waals surface area contributed by atoms with E-state index in [-0.39, 0.29) is 5.41 Å². The van der Waals surface area contributed by atoms with E-state index in [1.54, 1.807) is 0 Å². The van der Waals surface area contributed by atoms with Gasteiger partial charge >= 0.3 is 0 Å². The van der Waals surface area contributed by atoms with E-state index in [1.165, 1.54) is 49.4 Å². The lowest BCUT2D eigenvalue weighted by atomic mass is 9.80. The van der Waals surface area contributed by atoms with Crippen molar-refractivity contribution in [3.8, 4) is 56.7 Å². The Kier molecular flexibility index (Phi) is 7.20. The number of aromatic nitrogens is 5. The van der Waals surface area contributed by atoms with Gasteiger partial charge in [-0.05, 0) is 69.8 Å². The lowest BCUT2D eigenvalue weighted by Crippen LogP contribution is -2.15. The van der Waals surface area contributed by atoms with Gasteiger partial charge in [0, 0.05) is 43.8 Å². The number of rotatable bonds is 5. The Hall–Kier alpha value is -7.63. The molecule has 59 heavy (non-hydrogen) atoms. The van der Waals surface area contributed by atoms with Gasteiger partial charge in [-0.25, -0.2) is 4.98 Å². The second-order valence-electron chi connectivity index (χ2n) is 16.1. The molecule has 1 aliphatic carbocycles. The molecule has 12 rings (SSSR count). The van der Waals surface area contributed by atoms with E-state index < -0.39 is 0 Å².